The maximum atomic E-state index is 13.3. The van der Waals surface area contributed by atoms with Crippen molar-refractivity contribution in [2.45, 2.75) is 32.2 Å². The molecule has 1 atom stereocenters. The molecule has 2 aliphatic rings. The molecule has 0 N–H and O–H groups in total. The summed E-state index contributed by atoms with van der Waals surface area (Å²) in [6, 6.07) is 9.93. The van der Waals surface area contributed by atoms with Crippen LogP contribution in [0.4, 0.5) is 0 Å². The molecule has 2 saturated heterocycles. The maximum Gasteiger partial charge on any atom is 0.244 e. The van der Waals surface area contributed by atoms with E-state index in [-0.39, 0.29) is 17.9 Å². The average molecular weight is 329 g/mol. The Morgan fingerprint density at radius 3 is 2.12 bits per heavy atom. The lowest BCUT2D eigenvalue weighted by molar-refractivity contribution is -0.137. The van der Waals surface area contributed by atoms with Gasteiger partial charge in [0.1, 0.15) is 6.04 Å². The van der Waals surface area contributed by atoms with Gasteiger partial charge in [-0.15, -0.1) is 0 Å². The first-order chi connectivity index (χ1) is 11.7. The first-order valence-electron chi connectivity index (χ1n) is 9.00. The largest absolute Gasteiger partial charge is 0.341 e. The summed E-state index contributed by atoms with van der Waals surface area (Å²) in [5, 5.41) is 0. The number of likely N-dealkylation sites (tertiary alicyclic amines) is 1. The molecule has 0 bridgehead atoms. The van der Waals surface area contributed by atoms with Gasteiger partial charge in [-0.1, -0.05) is 30.3 Å². The van der Waals surface area contributed by atoms with Crippen LogP contribution in [0.15, 0.2) is 30.3 Å². The summed E-state index contributed by atoms with van der Waals surface area (Å²) in [5.41, 5.74) is 1.08. The van der Waals surface area contributed by atoms with Gasteiger partial charge in [-0.2, -0.15) is 0 Å². The summed E-state index contributed by atoms with van der Waals surface area (Å²) in [6.07, 6.45) is 3.18. The number of rotatable bonds is 3. The predicted molar refractivity (Wildman–Crippen MR) is 93.4 cm³/mol. The minimum absolute atomic E-state index is 0.100. The Labute approximate surface area is 144 Å². The zero-order chi connectivity index (χ0) is 16.9. The quantitative estimate of drug-likeness (QED) is 0.851. The molecular weight excluding hydrogens is 302 g/mol. The maximum absolute atomic E-state index is 13.3. The third-order valence-electron chi connectivity index (χ3n) is 5.11. The highest BCUT2D eigenvalue weighted by Crippen LogP contribution is 2.27. The number of hydrogen-bond acceptors (Lipinski definition) is 3. The van der Waals surface area contributed by atoms with E-state index < -0.39 is 0 Å². The summed E-state index contributed by atoms with van der Waals surface area (Å²) in [7, 11) is 0. The SMILES string of the molecule is CC(=O)N1CCCN(C(=O)[C@H](c2ccccc2)N2CCCC2)CC1. The van der Waals surface area contributed by atoms with Crippen LogP contribution in [0.3, 0.4) is 0 Å². The summed E-state index contributed by atoms with van der Waals surface area (Å²) in [5.74, 6) is 0.289. The van der Waals surface area contributed by atoms with Gasteiger partial charge in [-0.05, 0) is 37.9 Å². The molecule has 130 valence electrons. The van der Waals surface area contributed by atoms with E-state index in [0.717, 1.165) is 51.0 Å². The first kappa shape index (κ1) is 17.0. The Hall–Kier alpha value is -1.88. The third-order valence-corrected chi connectivity index (χ3v) is 5.11. The standard InChI is InChI=1S/C19H27N3O2/c1-16(23)20-12-7-13-22(15-14-20)19(24)18(21-10-5-6-11-21)17-8-3-2-4-9-17/h2-4,8-9,18H,5-7,10-15H2,1H3/t18-/m0/s1. The summed E-state index contributed by atoms with van der Waals surface area (Å²) in [6.45, 7) is 6.34. The van der Waals surface area contributed by atoms with Crippen molar-refractivity contribution >= 4 is 11.8 Å². The lowest BCUT2D eigenvalue weighted by atomic mass is 10.0. The minimum atomic E-state index is -0.183. The Morgan fingerprint density at radius 2 is 1.46 bits per heavy atom. The van der Waals surface area contributed by atoms with Crippen molar-refractivity contribution in [1.82, 2.24) is 14.7 Å². The van der Waals surface area contributed by atoms with Crippen molar-refractivity contribution in [3.05, 3.63) is 35.9 Å². The van der Waals surface area contributed by atoms with Crippen molar-refractivity contribution in [1.29, 1.82) is 0 Å². The zero-order valence-electron chi connectivity index (χ0n) is 14.5. The Kier molecular flexibility index (Phi) is 5.51. The molecule has 3 rings (SSSR count). The molecule has 1 aromatic carbocycles. The number of amides is 2. The van der Waals surface area contributed by atoms with Gasteiger partial charge in [0.25, 0.3) is 0 Å². The molecule has 1 aromatic rings. The third kappa shape index (κ3) is 3.78. The van der Waals surface area contributed by atoms with Crippen LogP contribution >= 0.6 is 0 Å². The van der Waals surface area contributed by atoms with E-state index in [2.05, 4.69) is 17.0 Å². The van der Waals surface area contributed by atoms with Gasteiger partial charge >= 0.3 is 0 Å². The van der Waals surface area contributed by atoms with E-state index >= 15 is 0 Å². The van der Waals surface area contributed by atoms with E-state index in [1.165, 1.54) is 0 Å². The molecule has 2 amide bonds. The van der Waals surface area contributed by atoms with E-state index in [1.807, 2.05) is 28.0 Å². The smallest absolute Gasteiger partial charge is 0.244 e. The molecule has 0 spiro atoms. The van der Waals surface area contributed by atoms with Gasteiger partial charge in [0.2, 0.25) is 11.8 Å². The van der Waals surface area contributed by atoms with E-state index in [0.29, 0.717) is 13.1 Å². The van der Waals surface area contributed by atoms with Gasteiger partial charge in [-0.25, -0.2) is 0 Å². The van der Waals surface area contributed by atoms with Gasteiger partial charge in [0.15, 0.2) is 0 Å². The van der Waals surface area contributed by atoms with Crippen LogP contribution in [0, 0.1) is 0 Å². The zero-order valence-corrected chi connectivity index (χ0v) is 14.5. The molecule has 2 aliphatic heterocycles. The van der Waals surface area contributed by atoms with Gasteiger partial charge in [0, 0.05) is 33.1 Å². The topological polar surface area (TPSA) is 43.9 Å². The molecule has 24 heavy (non-hydrogen) atoms. The minimum Gasteiger partial charge on any atom is -0.341 e. The second-order valence-corrected chi connectivity index (χ2v) is 6.74. The summed E-state index contributed by atoms with van der Waals surface area (Å²) in [4.78, 5) is 31.0. The second kappa shape index (κ2) is 7.79. The van der Waals surface area contributed by atoms with Gasteiger partial charge in [-0.3, -0.25) is 14.5 Å². The number of carbonyl (C=O) groups is 2. The Balaban J connectivity index is 1.77. The molecule has 2 heterocycles. The van der Waals surface area contributed by atoms with Crippen molar-refractivity contribution < 1.29 is 9.59 Å². The highest BCUT2D eigenvalue weighted by Gasteiger charge is 2.33. The monoisotopic (exact) mass is 329 g/mol. The van der Waals surface area contributed by atoms with Crippen LogP contribution in [0.25, 0.3) is 0 Å². The fraction of sp³-hybridized carbons (Fsp3) is 0.579. The summed E-state index contributed by atoms with van der Waals surface area (Å²) < 4.78 is 0. The molecule has 0 unspecified atom stereocenters. The van der Waals surface area contributed by atoms with E-state index in [1.54, 1.807) is 6.92 Å². The molecule has 2 fully saturated rings. The molecule has 5 heteroatoms. The summed E-state index contributed by atoms with van der Waals surface area (Å²) >= 11 is 0. The van der Waals surface area contributed by atoms with Crippen LogP contribution in [-0.2, 0) is 9.59 Å². The number of nitrogens with zero attached hydrogens (tertiary/aromatic N) is 3. The number of hydrogen-bond donors (Lipinski definition) is 0. The molecular formula is C19H27N3O2. The van der Waals surface area contributed by atoms with Crippen LogP contribution < -0.4 is 0 Å². The van der Waals surface area contributed by atoms with Crippen molar-refractivity contribution in [2.24, 2.45) is 0 Å². The highest BCUT2D eigenvalue weighted by molar-refractivity contribution is 5.83. The lowest BCUT2D eigenvalue weighted by Crippen LogP contribution is -2.44. The molecule has 0 aromatic heterocycles. The average Bonchev–Trinajstić information content (AvgIpc) is 2.98. The molecule has 5 nitrogen and oxygen atoms in total. The number of carbonyl (C=O) groups excluding carboxylic acids is 2. The molecule has 0 aliphatic carbocycles. The van der Waals surface area contributed by atoms with Crippen LogP contribution in [-0.4, -0.2) is 65.8 Å². The van der Waals surface area contributed by atoms with Crippen molar-refractivity contribution in [2.75, 3.05) is 39.3 Å². The normalized spacial score (nSPS) is 20.7. The van der Waals surface area contributed by atoms with Crippen LogP contribution in [0.1, 0.15) is 37.8 Å². The second-order valence-electron chi connectivity index (χ2n) is 6.74. The Morgan fingerprint density at radius 1 is 0.833 bits per heavy atom. The first-order valence-corrected chi connectivity index (χ1v) is 9.00. The predicted octanol–water partition coefficient (Wildman–Crippen LogP) is 1.90. The van der Waals surface area contributed by atoms with Gasteiger partial charge < -0.3 is 9.80 Å². The van der Waals surface area contributed by atoms with E-state index in [9.17, 15) is 9.59 Å². The van der Waals surface area contributed by atoms with Crippen LogP contribution in [0.2, 0.25) is 0 Å². The molecule has 0 radical (unpaired) electrons. The number of benzene rings is 1. The van der Waals surface area contributed by atoms with E-state index in [4.69, 9.17) is 0 Å². The fourth-order valence-corrected chi connectivity index (χ4v) is 3.77. The lowest BCUT2D eigenvalue weighted by Gasteiger charge is -2.32. The van der Waals surface area contributed by atoms with Crippen molar-refractivity contribution in [3.8, 4) is 0 Å². The molecule has 0 saturated carbocycles. The fourth-order valence-electron chi connectivity index (χ4n) is 3.77. The van der Waals surface area contributed by atoms with Crippen LogP contribution in [0.5, 0.6) is 0 Å². The van der Waals surface area contributed by atoms with Gasteiger partial charge in [0.05, 0.1) is 0 Å². The van der Waals surface area contributed by atoms with Crippen molar-refractivity contribution in [3.63, 3.8) is 0 Å². The Bertz CT molecular complexity index is 569. The highest BCUT2D eigenvalue weighted by atomic mass is 16.2.